The third kappa shape index (κ3) is 1.49. The maximum atomic E-state index is 3.27. The molecule has 68 valence electrons. The molecule has 2 aliphatic heterocycles. The second kappa shape index (κ2) is 4.01. The average molecular weight is 179 g/mol. The fourth-order valence-electron chi connectivity index (χ4n) is 2.63. The van der Waals surface area contributed by atoms with Crippen molar-refractivity contribution in [1.29, 1.82) is 0 Å². The molecule has 0 aliphatic carbocycles. The van der Waals surface area contributed by atoms with Crippen molar-refractivity contribution in [2.75, 3.05) is 18.0 Å². The number of nitrogens with zero attached hydrogens (tertiary/aromatic N) is 1. The molecule has 0 spiro atoms. The summed E-state index contributed by atoms with van der Waals surface area (Å²) in [6.07, 6.45) is 5.17. The van der Waals surface area contributed by atoms with Crippen LogP contribution in [0.1, 0.15) is 24.0 Å². The van der Waals surface area contributed by atoms with Crippen LogP contribution in [-0.2, 0) is 12.8 Å². The molecule has 2 heterocycles. The third-order valence-electron chi connectivity index (χ3n) is 3.19. The maximum Gasteiger partial charge on any atom is 1.00 e. The zero-order valence-corrected chi connectivity index (χ0v) is 8.84. The molecule has 1 aromatic rings. The summed E-state index contributed by atoms with van der Waals surface area (Å²) in [6, 6.07) is 7.62. The van der Waals surface area contributed by atoms with Crippen molar-refractivity contribution in [3.05, 3.63) is 29.3 Å². The predicted molar refractivity (Wildman–Crippen MR) is 54.1 cm³/mol. The first-order chi connectivity index (χ1) is 6.45. The molecule has 0 fully saturated rings. The Morgan fingerprint density at radius 3 is 2.14 bits per heavy atom. The minimum atomic E-state index is 0. The average Bonchev–Trinajstić information content (AvgIpc) is 2.19. The first-order valence-corrected chi connectivity index (χ1v) is 5.22. The molecule has 0 saturated carbocycles. The quantitative estimate of drug-likeness (QED) is 0.372. The van der Waals surface area contributed by atoms with Crippen LogP contribution in [0.2, 0.25) is 0 Å². The van der Waals surface area contributed by atoms with Gasteiger partial charge in [0, 0.05) is 13.1 Å². The predicted octanol–water partition coefficient (Wildman–Crippen LogP) is -0.810. The van der Waals surface area contributed by atoms with Crippen LogP contribution < -0.4 is 23.8 Å². The maximum absolute atomic E-state index is 3.27. The van der Waals surface area contributed by atoms with Crippen LogP contribution in [0.4, 0.5) is 5.69 Å². The summed E-state index contributed by atoms with van der Waals surface area (Å²) in [7, 11) is 0. The van der Waals surface area contributed by atoms with Gasteiger partial charge in [0.25, 0.3) is 0 Å². The molecule has 14 heavy (non-hydrogen) atoms. The molecular formula is C12H14LiN. The summed E-state index contributed by atoms with van der Waals surface area (Å²) in [5, 5.41) is 0. The third-order valence-corrected chi connectivity index (χ3v) is 3.19. The van der Waals surface area contributed by atoms with Crippen molar-refractivity contribution in [3.63, 3.8) is 0 Å². The Bertz CT molecular complexity index is 307. The van der Waals surface area contributed by atoms with E-state index in [-0.39, 0.29) is 18.9 Å². The van der Waals surface area contributed by atoms with Gasteiger partial charge >= 0.3 is 18.9 Å². The SMILES string of the molecule is [Li+].[c-]1cc2c3c(c1)CCCN3CCC2. The van der Waals surface area contributed by atoms with E-state index in [9.17, 15) is 0 Å². The number of benzene rings is 1. The number of anilines is 1. The van der Waals surface area contributed by atoms with Gasteiger partial charge in [-0.1, -0.05) is 18.5 Å². The zero-order valence-electron chi connectivity index (χ0n) is 8.84. The Balaban J connectivity index is 0.000000750. The van der Waals surface area contributed by atoms with Crippen molar-refractivity contribution in [2.24, 2.45) is 0 Å². The molecule has 0 saturated heterocycles. The molecule has 0 aromatic heterocycles. The first kappa shape index (κ1) is 10.1. The second-order valence-corrected chi connectivity index (χ2v) is 4.05. The van der Waals surface area contributed by atoms with Gasteiger partial charge in [-0.2, -0.15) is 18.2 Å². The van der Waals surface area contributed by atoms with E-state index in [0.717, 1.165) is 0 Å². The molecule has 2 heteroatoms. The normalized spacial score (nSPS) is 18.4. The minimum Gasteiger partial charge on any atom is -0.393 e. The molecule has 2 aliphatic rings. The van der Waals surface area contributed by atoms with Crippen LogP contribution in [0.3, 0.4) is 0 Å². The fourth-order valence-corrected chi connectivity index (χ4v) is 2.63. The number of rotatable bonds is 0. The Hall–Kier alpha value is -0.383. The van der Waals surface area contributed by atoms with Crippen molar-refractivity contribution in [1.82, 2.24) is 0 Å². The van der Waals surface area contributed by atoms with Crippen LogP contribution in [0.5, 0.6) is 0 Å². The van der Waals surface area contributed by atoms with Gasteiger partial charge < -0.3 is 4.90 Å². The van der Waals surface area contributed by atoms with Gasteiger partial charge in [0.15, 0.2) is 0 Å². The Morgan fingerprint density at radius 1 is 1.00 bits per heavy atom. The molecule has 1 aromatic carbocycles. The van der Waals surface area contributed by atoms with E-state index < -0.39 is 0 Å². The molecule has 0 N–H and O–H groups in total. The van der Waals surface area contributed by atoms with Crippen LogP contribution in [0.15, 0.2) is 12.1 Å². The van der Waals surface area contributed by atoms with Crippen LogP contribution >= 0.6 is 0 Å². The van der Waals surface area contributed by atoms with Gasteiger partial charge in [0.05, 0.1) is 0 Å². The fraction of sp³-hybridized carbons (Fsp3) is 0.500. The standard InChI is InChI=1S/C12H14N.Li/c1-4-10-6-2-8-13-9-3-7-11(5-1)12(10)13;/h4-5H,2-3,6-9H2;/q-1;+1. The molecular weight excluding hydrogens is 165 g/mol. The minimum absolute atomic E-state index is 0. The Morgan fingerprint density at radius 2 is 1.57 bits per heavy atom. The van der Waals surface area contributed by atoms with Gasteiger partial charge in [0.1, 0.15) is 0 Å². The number of hydrogen-bond donors (Lipinski definition) is 0. The van der Waals surface area contributed by atoms with E-state index >= 15 is 0 Å². The molecule has 0 amide bonds. The van der Waals surface area contributed by atoms with Crippen molar-refractivity contribution in [3.8, 4) is 0 Å². The van der Waals surface area contributed by atoms with Crippen LogP contribution in [-0.4, -0.2) is 13.1 Å². The smallest absolute Gasteiger partial charge is 0.393 e. The van der Waals surface area contributed by atoms with E-state index in [4.69, 9.17) is 0 Å². The molecule has 0 bridgehead atoms. The largest absolute Gasteiger partial charge is 1.00 e. The molecule has 0 radical (unpaired) electrons. The summed E-state index contributed by atoms with van der Waals surface area (Å²) in [4.78, 5) is 2.56. The monoisotopic (exact) mass is 179 g/mol. The van der Waals surface area contributed by atoms with Gasteiger partial charge in [-0.25, -0.2) is 0 Å². The Labute approximate surface area is 97.7 Å². The first-order valence-electron chi connectivity index (χ1n) is 5.22. The van der Waals surface area contributed by atoms with Gasteiger partial charge in [-0.3, -0.25) is 0 Å². The topological polar surface area (TPSA) is 3.24 Å². The number of aryl methyl sites for hydroxylation is 2. The van der Waals surface area contributed by atoms with Crippen molar-refractivity contribution < 1.29 is 18.9 Å². The van der Waals surface area contributed by atoms with E-state index in [0.29, 0.717) is 0 Å². The summed E-state index contributed by atoms with van der Waals surface area (Å²) in [6.45, 7) is 2.54. The van der Waals surface area contributed by atoms with Gasteiger partial charge in [0.2, 0.25) is 0 Å². The van der Waals surface area contributed by atoms with E-state index in [2.05, 4.69) is 23.1 Å². The van der Waals surface area contributed by atoms with Crippen LogP contribution in [0.25, 0.3) is 0 Å². The van der Waals surface area contributed by atoms with E-state index in [1.807, 2.05) is 0 Å². The van der Waals surface area contributed by atoms with E-state index in [1.165, 1.54) is 49.9 Å². The van der Waals surface area contributed by atoms with Crippen molar-refractivity contribution >= 4 is 5.69 Å². The molecule has 0 atom stereocenters. The van der Waals surface area contributed by atoms with Gasteiger partial charge in [-0.05, 0) is 12.8 Å². The van der Waals surface area contributed by atoms with Crippen molar-refractivity contribution in [2.45, 2.75) is 25.7 Å². The molecule has 1 nitrogen and oxygen atoms in total. The summed E-state index contributed by atoms with van der Waals surface area (Å²) >= 11 is 0. The summed E-state index contributed by atoms with van der Waals surface area (Å²) < 4.78 is 0. The van der Waals surface area contributed by atoms with Gasteiger partial charge in [-0.15, -0.1) is 11.1 Å². The van der Waals surface area contributed by atoms with Crippen LogP contribution in [0, 0.1) is 6.07 Å². The second-order valence-electron chi connectivity index (χ2n) is 4.05. The Kier molecular flexibility index (Phi) is 2.90. The summed E-state index contributed by atoms with van der Waals surface area (Å²) in [5.74, 6) is 0. The van der Waals surface area contributed by atoms with E-state index in [1.54, 1.807) is 5.69 Å². The molecule has 0 unspecified atom stereocenters. The zero-order chi connectivity index (χ0) is 8.67. The number of hydrogen-bond acceptors (Lipinski definition) is 1. The summed E-state index contributed by atoms with van der Waals surface area (Å²) in [5.41, 5.74) is 4.61. The molecule has 3 rings (SSSR count).